The van der Waals surface area contributed by atoms with Gasteiger partial charge < -0.3 is 9.84 Å². The predicted molar refractivity (Wildman–Crippen MR) is 70.8 cm³/mol. The smallest absolute Gasteiger partial charge is 0.331 e. The zero-order chi connectivity index (χ0) is 13.3. The first kappa shape index (κ1) is 12.7. The van der Waals surface area contributed by atoms with Gasteiger partial charge in [0.15, 0.2) is 0 Å². The fraction of sp³-hybridized carbons (Fsp3) is 0.400. The molecule has 1 aromatic rings. The molecule has 0 saturated heterocycles. The summed E-state index contributed by atoms with van der Waals surface area (Å²) < 4.78 is 5.89. The third-order valence-corrected chi connectivity index (χ3v) is 3.19. The van der Waals surface area contributed by atoms with Crippen LogP contribution in [-0.2, 0) is 11.2 Å². The molecular formula is C15H18O3. The molecule has 0 saturated carbocycles. The molecule has 0 spiro atoms. The predicted octanol–water partition coefficient (Wildman–Crippen LogP) is 3.28. The summed E-state index contributed by atoms with van der Waals surface area (Å²) in [5, 5.41) is 8.86. The van der Waals surface area contributed by atoms with Crippen LogP contribution < -0.4 is 4.74 Å². The molecule has 1 aromatic carbocycles. The number of benzene rings is 1. The van der Waals surface area contributed by atoms with Crippen molar-refractivity contribution in [2.75, 3.05) is 0 Å². The van der Waals surface area contributed by atoms with Gasteiger partial charge in [-0.3, -0.25) is 0 Å². The highest BCUT2D eigenvalue weighted by atomic mass is 16.5. The minimum atomic E-state index is -0.884. The van der Waals surface area contributed by atoms with E-state index in [1.54, 1.807) is 13.0 Å². The minimum Gasteiger partial charge on any atom is -0.488 e. The lowest BCUT2D eigenvalue weighted by atomic mass is 9.93. The van der Waals surface area contributed by atoms with Crippen LogP contribution in [0.5, 0.6) is 5.75 Å². The van der Waals surface area contributed by atoms with Crippen molar-refractivity contribution in [1.29, 1.82) is 0 Å². The summed E-state index contributed by atoms with van der Waals surface area (Å²) in [4.78, 5) is 10.8. The molecule has 0 fully saturated rings. The molecule has 0 bridgehead atoms. The molecule has 3 heteroatoms. The lowest BCUT2D eigenvalue weighted by Gasteiger charge is -2.32. The van der Waals surface area contributed by atoms with E-state index in [1.807, 2.05) is 18.2 Å². The quantitative estimate of drug-likeness (QED) is 0.814. The molecular weight excluding hydrogens is 228 g/mol. The highest BCUT2D eigenvalue weighted by Crippen LogP contribution is 2.33. The molecule has 1 heterocycles. The van der Waals surface area contributed by atoms with E-state index in [-0.39, 0.29) is 5.60 Å². The summed E-state index contributed by atoms with van der Waals surface area (Å²) in [5.74, 6) is 0.0292. The van der Waals surface area contributed by atoms with Crippen molar-refractivity contribution in [3.05, 3.63) is 34.9 Å². The topological polar surface area (TPSA) is 46.5 Å². The van der Waals surface area contributed by atoms with Crippen LogP contribution >= 0.6 is 0 Å². The van der Waals surface area contributed by atoms with E-state index in [0.29, 0.717) is 5.57 Å². The number of rotatable bonds is 2. The monoisotopic (exact) mass is 246 g/mol. The van der Waals surface area contributed by atoms with E-state index in [9.17, 15) is 4.79 Å². The summed E-state index contributed by atoms with van der Waals surface area (Å²) in [6.45, 7) is 5.76. The molecule has 1 aliphatic heterocycles. The Bertz CT molecular complexity index is 512. The van der Waals surface area contributed by atoms with Crippen molar-refractivity contribution in [2.24, 2.45) is 0 Å². The Balaban J connectivity index is 2.30. The highest BCUT2D eigenvalue weighted by molar-refractivity contribution is 5.91. The Morgan fingerprint density at radius 2 is 2.17 bits per heavy atom. The fourth-order valence-corrected chi connectivity index (χ4v) is 2.08. The van der Waals surface area contributed by atoms with Gasteiger partial charge in [0.25, 0.3) is 0 Å². The first-order chi connectivity index (χ1) is 8.37. The molecule has 3 nitrogen and oxygen atoms in total. The van der Waals surface area contributed by atoms with Crippen LogP contribution in [0, 0.1) is 0 Å². The van der Waals surface area contributed by atoms with Crippen molar-refractivity contribution < 1.29 is 14.6 Å². The number of hydrogen-bond donors (Lipinski definition) is 1. The SMILES string of the molecule is C/C(=C\c1ccc2c(c1)CCC(C)(C)O2)C(=O)O. The average molecular weight is 246 g/mol. The van der Waals surface area contributed by atoms with Gasteiger partial charge >= 0.3 is 5.97 Å². The number of fused-ring (bicyclic) bond motifs is 1. The molecule has 1 aliphatic rings. The largest absolute Gasteiger partial charge is 0.488 e. The van der Waals surface area contributed by atoms with Crippen LogP contribution in [0.4, 0.5) is 0 Å². The summed E-state index contributed by atoms with van der Waals surface area (Å²) >= 11 is 0. The number of carboxylic acids is 1. The molecule has 0 unspecified atom stereocenters. The summed E-state index contributed by atoms with van der Waals surface area (Å²) in [6.07, 6.45) is 3.63. The summed E-state index contributed by atoms with van der Waals surface area (Å²) in [5.41, 5.74) is 2.30. The Labute approximate surface area is 107 Å². The Morgan fingerprint density at radius 3 is 2.83 bits per heavy atom. The molecule has 2 rings (SSSR count). The van der Waals surface area contributed by atoms with Gasteiger partial charge in [-0.1, -0.05) is 6.07 Å². The van der Waals surface area contributed by atoms with Gasteiger partial charge in [0, 0.05) is 5.57 Å². The number of carbonyl (C=O) groups is 1. The molecule has 1 N–H and O–H groups in total. The molecule has 0 radical (unpaired) electrons. The highest BCUT2D eigenvalue weighted by Gasteiger charge is 2.26. The third-order valence-electron chi connectivity index (χ3n) is 3.19. The van der Waals surface area contributed by atoms with E-state index in [0.717, 1.165) is 29.7 Å². The van der Waals surface area contributed by atoms with Crippen molar-refractivity contribution in [1.82, 2.24) is 0 Å². The van der Waals surface area contributed by atoms with Gasteiger partial charge in [-0.2, -0.15) is 0 Å². The van der Waals surface area contributed by atoms with E-state index in [2.05, 4.69) is 13.8 Å². The average Bonchev–Trinajstić information content (AvgIpc) is 2.28. The second-order valence-corrected chi connectivity index (χ2v) is 5.36. The zero-order valence-corrected chi connectivity index (χ0v) is 11.0. The van der Waals surface area contributed by atoms with Gasteiger partial charge in [0.2, 0.25) is 0 Å². The second kappa shape index (κ2) is 4.48. The molecule has 0 aromatic heterocycles. The maximum Gasteiger partial charge on any atom is 0.331 e. The number of aliphatic carboxylic acids is 1. The molecule has 0 atom stereocenters. The summed E-state index contributed by atoms with van der Waals surface area (Å²) in [6, 6.07) is 5.83. The zero-order valence-electron chi connectivity index (χ0n) is 11.0. The first-order valence-corrected chi connectivity index (χ1v) is 6.11. The Kier molecular flexibility index (Phi) is 3.16. The molecule has 96 valence electrons. The molecule has 0 aliphatic carbocycles. The normalized spacial score (nSPS) is 17.8. The third kappa shape index (κ3) is 2.73. The molecule has 18 heavy (non-hydrogen) atoms. The molecule has 0 amide bonds. The van der Waals surface area contributed by atoms with Crippen molar-refractivity contribution in [3.8, 4) is 5.75 Å². The van der Waals surface area contributed by atoms with Crippen LogP contribution in [0.15, 0.2) is 23.8 Å². The lowest BCUT2D eigenvalue weighted by molar-refractivity contribution is -0.132. The van der Waals surface area contributed by atoms with Crippen LogP contribution in [0.2, 0.25) is 0 Å². The van der Waals surface area contributed by atoms with E-state index >= 15 is 0 Å². The van der Waals surface area contributed by atoms with Crippen molar-refractivity contribution in [2.45, 2.75) is 39.2 Å². The van der Waals surface area contributed by atoms with Crippen LogP contribution in [0.1, 0.15) is 38.3 Å². The van der Waals surface area contributed by atoms with E-state index in [4.69, 9.17) is 9.84 Å². The minimum absolute atomic E-state index is 0.110. The first-order valence-electron chi connectivity index (χ1n) is 6.11. The van der Waals surface area contributed by atoms with Crippen LogP contribution in [0.25, 0.3) is 6.08 Å². The number of ether oxygens (including phenoxy) is 1. The Morgan fingerprint density at radius 1 is 1.44 bits per heavy atom. The number of aryl methyl sites for hydroxylation is 1. The van der Waals surface area contributed by atoms with Gasteiger partial charge in [-0.05, 0) is 62.9 Å². The number of hydrogen-bond acceptors (Lipinski definition) is 2. The van der Waals surface area contributed by atoms with E-state index in [1.165, 1.54) is 0 Å². The van der Waals surface area contributed by atoms with Crippen molar-refractivity contribution >= 4 is 12.0 Å². The van der Waals surface area contributed by atoms with Crippen molar-refractivity contribution in [3.63, 3.8) is 0 Å². The lowest BCUT2D eigenvalue weighted by Crippen LogP contribution is -2.32. The van der Waals surface area contributed by atoms with Crippen LogP contribution in [-0.4, -0.2) is 16.7 Å². The second-order valence-electron chi connectivity index (χ2n) is 5.36. The maximum atomic E-state index is 10.8. The summed E-state index contributed by atoms with van der Waals surface area (Å²) in [7, 11) is 0. The standard InChI is InChI=1S/C15H18O3/c1-10(14(16)17)8-11-4-5-13-12(9-11)6-7-15(2,3)18-13/h4-5,8-9H,6-7H2,1-3H3,(H,16,17)/b10-8+. The Hall–Kier alpha value is -1.77. The van der Waals surface area contributed by atoms with Gasteiger partial charge in [-0.25, -0.2) is 4.79 Å². The fourth-order valence-electron chi connectivity index (χ4n) is 2.08. The number of carboxylic acid groups (broad SMARTS) is 1. The van der Waals surface area contributed by atoms with E-state index < -0.39 is 5.97 Å². The maximum absolute atomic E-state index is 10.8. The van der Waals surface area contributed by atoms with Gasteiger partial charge in [0.1, 0.15) is 11.4 Å². The van der Waals surface area contributed by atoms with Crippen LogP contribution in [0.3, 0.4) is 0 Å². The van der Waals surface area contributed by atoms with Gasteiger partial charge in [0.05, 0.1) is 0 Å². The van der Waals surface area contributed by atoms with Gasteiger partial charge in [-0.15, -0.1) is 0 Å².